The van der Waals surface area contributed by atoms with Gasteiger partial charge in [0, 0.05) is 26.6 Å². The van der Waals surface area contributed by atoms with Crippen LogP contribution in [0.25, 0.3) is 0 Å². The molecule has 0 spiro atoms. The van der Waals surface area contributed by atoms with Crippen LogP contribution in [0.5, 0.6) is 0 Å². The van der Waals surface area contributed by atoms with Crippen molar-refractivity contribution in [3.63, 3.8) is 0 Å². The number of methoxy groups -OCH3 is 1. The predicted molar refractivity (Wildman–Crippen MR) is 68.9 cm³/mol. The molecule has 1 saturated heterocycles. The Morgan fingerprint density at radius 3 is 2.65 bits per heavy atom. The fraction of sp³-hybridized carbons (Fsp3) is 0.923. The number of likely N-dealkylation sites (tertiary alicyclic amines) is 1. The van der Waals surface area contributed by atoms with Gasteiger partial charge in [-0.25, -0.2) is 0 Å². The Balaban J connectivity index is 2.64. The van der Waals surface area contributed by atoms with Gasteiger partial charge >= 0.3 is 0 Å². The molecular formula is C13H26N2O2. The number of carbonyl (C=O) groups excluding carboxylic acids is 1. The van der Waals surface area contributed by atoms with Crippen LogP contribution in [-0.2, 0) is 9.53 Å². The van der Waals surface area contributed by atoms with E-state index in [2.05, 4.69) is 33.0 Å². The third kappa shape index (κ3) is 3.68. The minimum atomic E-state index is -0.262. The first-order valence-corrected chi connectivity index (χ1v) is 6.47. The standard InChI is InChI=1S/C13H26N2O2/c1-6-14-11(13(3,4)17-5)9-15-8-10(2)7-12(15)16/h10-11,14H,6-9H2,1-5H3. The SMILES string of the molecule is CCNC(CN1CC(C)CC1=O)C(C)(C)OC. The van der Waals surface area contributed by atoms with Crippen molar-refractivity contribution in [2.24, 2.45) is 5.92 Å². The molecule has 4 heteroatoms. The summed E-state index contributed by atoms with van der Waals surface area (Å²) in [5.74, 6) is 0.753. The van der Waals surface area contributed by atoms with E-state index in [4.69, 9.17) is 4.74 Å². The van der Waals surface area contributed by atoms with E-state index in [0.29, 0.717) is 12.3 Å². The summed E-state index contributed by atoms with van der Waals surface area (Å²) in [4.78, 5) is 13.8. The van der Waals surface area contributed by atoms with Gasteiger partial charge in [0.05, 0.1) is 11.6 Å². The number of amides is 1. The highest BCUT2D eigenvalue weighted by Gasteiger charge is 2.34. The number of rotatable bonds is 6. The first-order valence-electron chi connectivity index (χ1n) is 6.47. The maximum absolute atomic E-state index is 11.8. The van der Waals surface area contributed by atoms with E-state index in [-0.39, 0.29) is 17.6 Å². The third-order valence-electron chi connectivity index (χ3n) is 3.63. The molecule has 0 aromatic carbocycles. The van der Waals surface area contributed by atoms with Crippen LogP contribution >= 0.6 is 0 Å². The fourth-order valence-corrected chi connectivity index (χ4v) is 2.29. The molecule has 1 fully saturated rings. The number of nitrogens with zero attached hydrogens (tertiary/aromatic N) is 1. The molecule has 100 valence electrons. The molecule has 1 amide bonds. The van der Waals surface area contributed by atoms with Crippen molar-refractivity contribution in [3.8, 4) is 0 Å². The zero-order valence-electron chi connectivity index (χ0n) is 11.7. The zero-order valence-corrected chi connectivity index (χ0v) is 11.7. The van der Waals surface area contributed by atoms with Gasteiger partial charge in [-0.1, -0.05) is 13.8 Å². The van der Waals surface area contributed by atoms with Gasteiger partial charge in [-0.15, -0.1) is 0 Å². The molecule has 1 N–H and O–H groups in total. The lowest BCUT2D eigenvalue weighted by Gasteiger charge is -2.36. The van der Waals surface area contributed by atoms with E-state index < -0.39 is 0 Å². The van der Waals surface area contributed by atoms with Crippen LogP contribution < -0.4 is 5.32 Å². The van der Waals surface area contributed by atoms with Crippen LogP contribution in [0.4, 0.5) is 0 Å². The van der Waals surface area contributed by atoms with Crippen molar-refractivity contribution >= 4 is 5.91 Å². The van der Waals surface area contributed by atoms with Gasteiger partial charge in [-0.05, 0) is 26.3 Å². The smallest absolute Gasteiger partial charge is 0.222 e. The first kappa shape index (κ1) is 14.5. The van der Waals surface area contributed by atoms with Gasteiger partial charge in [0.1, 0.15) is 0 Å². The summed E-state index contributed by atoms with van der Waals surface area (Å²) in [5, 5.41) is 3.42. The van der Waals surface area contributed by atoms with Gasteiger partial charge in [-0.3, -0.25) is 4.79 Å². The number of hydrogen-bond acceptors (Lipinski definition) is 3. The molecule has 2 unspecified atom stereocenters. The van der Waals surface area contributed by atoms with Gasteiger partial charge in [0.15, 0.2) is 0 Å². The third-order valence-corrected chi connectivity index (χ3v) is 3.63. The van der Waals surface area contributed by atoms with E-state index in [9.17, 15) is 4.79 Å². The largest absolute Gasteiger partial charge is 0.377 e. The summed E-state index contributed by atoms with van der Waals surface area (Å²) in [6, 6.07) is 0.173. The second-order valence-electron chi connectivity index (χ2n) is 5.53. The summed E-state index contributed by atoms with van der Waals surface area (Å²) in [6.07, 6.45) is 0.687. The summed E-state index contributed by atoms with van der Waals surface area (Å²) in [7, 11) is 1.72. The van der Waals surface area contributed by atoms with E-state index in [1.807, 2.05) is 4.90 Å². The summed E-state index contributed by atoms with van der Waals surface area (Å²) < 4.78 is 5.52. The van der Waals surface area contributed by atoms with Gasteiger partial charge in [0.2, 0.25) is 5.91 Å². The Morgan fingerprint density at radius 1 is 1.59 bits per heavy atom. The zero-order chi connectivity index (χ0) is 13.1. The molecule has 1 rings (SSSR count). The topological polar surface area (TPSA) is 41.6 Å². The molecule has 0 aromatic rings. The monoisotopic (exact) mass is 242 g/mol. The van der Waals surface area contributed by atoms with Crippen molar-refractivity contribution in [2.45, 2.75) is 45.8 Å². The number of likely N-dealkylation sites (N-methyl/N-ethyl adjacent to an activating group) is 1. The van der Waals surface area contributed by atoms with Crippen molar-refractivity contribution in [3.05, 3.63) is 0 Å². The number of ether oxygens (including phenoxy) is 1. The van der Waals surface area contributed by atoms with Crippen LogP contribution in [0.3, 0.4) is 0 Å². The van der Waals surface area contributed by atoms with Crippen LogP contribution in [-0.4, -0.2) is 49.2 Å². The lowest BCUT2D eigenvalue weighted by atomic mass is 9.98. The predicted octanol–water partition coefficient (Wildman–Crippen LogP) is 1.26. The molecule has 0 radical (unpaired) electrons. The maximum atomic E-state index is 11.8. The van der Waals surface area contributed by atoms with Crippen molar-refractivity contribution in [1.29, 1.82) is 0 Å². The van der Waals surface area contributed by atoms with E-state index in [0.717, 1.165) is 19.6 Å². The molecule has 0 aromatic heterocycles. The molecule has 0 bridgehead atoms. The van der Waals surface area contributed by atoms with Crippen LogP contribution in [0.1, 0.15) is 34.1 Å². The molecule has 1 heterocycles. The lowest BCUT2D eigenvalue weighted by molar-refractivity contribution is -0.129. The highest BCUT2D eigenvalue weighted by molar-refractivity contribution is 5.78. The van der Waals surface area contributed by atoms with Crippen LogP contribution in [0.2, 0.25) is 0 Å². The van der Waals surface area contributed by atoms with E-state index >= 15 is 0 Å². The molecule has 1 aliphatic rings. The Morgan fingerprint density at radius 2 is 2.24 bits per heavy atom. The quantitative estimate of drug-likeness (QED) is 0.762. The summed E-state index contributed by atoms with van der Waals surface area (Å²) in [6.45, 7) is 10.8. The second kappa shape index (κ2) is 5.83. The second-order valence-corrected chi connectivity index (χ2v) is 5.53. The molecule has 0 aliphatic carbocycles. The minimum absolute atomic E-state index is 0.173. The average molecular weight is 242 g/mol. The van der Waals surface area contributed by atoms with Crippen molar-refractivity contribution in [1.82, 2.24) is 10.2 Å². The van der Waals surface area contributed by atoms with Crippen molar-refractivity contribution in [2.75, 3.05) is 26.7 Å². The maximum Gasteiger partial charge on any atom is 0.222 e. The summed E-state index contributed by atoms with van der Waals surface area (Å²) in [5.41, 5.74) is -0.262. The molecule has 0 saturated carbocycles. The highest BCUT2D eigenvalue weighted by Crippen LogP contribution is 2.21. The van der Waals surface area contributed by atoms with Crippen molar-refractivity contribution < 1.29 is 9.53 Å². The Bertz CT molecular complexity index is 266. The normalized spacial score (nSPS) is 23.2. The lowest BCUT2D eigenvalue weighted by Crippen LogP contribution is -2.54. The van der Waals surface area contributed by atoms with Gasteiger partial charge in [-0.2, -0.15) is 0 Å². The Labute approximate surface area is 105 Å². The minimum Gasteiger partial charge on any atom is -0.377 e. The Hall–Kier alpha value is -0.610. The number of hydrogen-bond donors (Lipinski definition) is 1. The summed E-state index contributed by atoms with van der Waals surface area (Å²) >= 11 is 0. The first-order chi connectivity index (χ1) is 7.90. The van der Waals surface area contributed by atoms with E-state index in [1.165, 1.54) is 0 Å². The fourth-order valence-electron chi connectivity index (χ4n) is 2.29. The van der Waals surface area contributed by atoms with Crippen LogP contribution in [0.15, 0.2) is 0 Å². The average Bonchev–Trinajstić information content (AvgIpc) is 2.57. The Kier molecular flexibility index (Phi) is 4.95. The van der Waals surface area contributed by atoms with Crippen LogP contribution in [0, 0.1) is 5.92 Å². The molecule has 1 aliphatic heterocycles. The molecule has 2 atom stereocenters. The van der Waals surface area contributed by atoms with Gasteiger partial charge in [0.25, 0.3) is 0 Å². The van der Waals surface area contributed by atoms with E-state index in [1.54, 1.807) is 7.11 Å². The molecular weight excluding hydrogens is 216 g/mol. The molecule has 17 heavy (non-hydrogen) atoms. The number of nitrogens with one attached hydrogen (secondary N) is 1. The highest BCUT2D eigenvalue weighted by atomic mass is 16.5. The molecule has 4 nitrogen and oxygen atoms in total. The van der Waals surface area contributed by atoms with Gasteiger partial charge < -0.3 is 15.0 Å². The number of carbonyl (C=O) groups is 1.